The van der Waals surface area contributed by atoms with E-state index in [9.17, 15) is 22.4 Å². The second-order valence-electron chi connectivity index (χ2n) is 12.2. The first kappa shape index (κ1) is 28.0. The van der Waals surface area contributed by atoms with Crippen molar-refractivity contribution in [1.82, 2.24) is 9.80 Å². The van der Waals surface area contributed by atoms with E-state index in [2.05, 4.69) is 9.80 Å². The molecule has 1 aliphatic carbocycles. The molecule has 0 N–H and O–H groups in total. The van der Waals surface area contributed by atoms with Crippen molar-refractivity contribution in [2.24, 2.45) is 5.92 Å². The average Bonchev–Trinajstić information content (AvgIpc) is 3.27. The van der Waals surface area contributed by atoms with Gasteiger partial charge in [0, 0.05) is 28.9 Å². The summed E-state index contributed by atoms with van der Waals surface area (Å²) in [6.45, 7) is 4.52. The Kier molecular flexibility index (Phi) is 7.19. The highest BCUT2D eigenvalue weighted by molar-refractivity contribution is 6.30. The third-order valence-electron chi connectivity index (χ3n) is 9.95. The van der Waals surface area contributed by atoms with Crippen LogP contribution in [0.5, 0.6) is 0 Å². The molecule has 6 rings (SSSR count). The number of piperidine rings is 1. The van der Waals surface area contributed by atoms with Crippen molar-refractivity contribution in [1.29, 1.82) is 0 Å². The van der Waals surface area contributed by atoms with Crippen LogP contribution >= 0.6 is 11.6 Å². The molecule has 2 aromatic rings. The molecule has 0 aromatic heterocycles. The molecule has 3 aliphatic heterocycles. The maximum Gasteiger partial charge on any atom is 0.426 e. The molecule has 40 heavy (non-hydrogen) atoms. The second kappa shape index (κ2) is 10.3. The molecule has 3 atom stereocenters. The van der Waals surface area contributed by atoms with Crippen LogP contribution in [0.1, 0.15) is 54.9 Å². The van der Waals surface area contributed by atoms with Gasteiger partial charge in [0.05, 0.1) is 19.3 Å². The van der Waals surface area contributed by atoms with E-state index in [1.165, 1.54) is 12.1 Å². The molecule has 3 unspecified atom stereocenters. The van der Waals surface area contributed by atoms with Crippen LogP contribution in [-0.2, 0) is 33.5 Å². The molecular formula is C31H35ClF4N2O2. The molecule has 3 fully saturated rings. The number of halogens is 5. The lowest BCUT2D eigenvalue weighted by Crippen LogP contribution is -2.54. The highest BCUT2D eigenvalue weighted by atomic mass is 35.5. The van der Waals surface area contributed by atoms with Gasteiger partial charge in [0.1, 0.15) is 0 Å². The van der Waals surface area contributed by atoms with Gasteiger partial charge in [0.25, 0.3) is 0 Å². The zero-order valence-electron chi connectivity index (χ0n) is 22.7. The fourth-order valence-electron chi connectivity index (χ4n) is 7.43. The van der Waals surface area contributed by atoms with Gasteiger partial charge in [-0.15, -0.1) is 0 Å². The number of amides is 1. The van der Waals surface area contributed by atoms with Crippen LogP contribution in [0, 0.1) is 5.92 Å². The molecule has 4 nitrogen and oxygen atoms in total. The zero-order chi connectivity index (χ0) is 28.3. The van der Waals surface area contributed by atoms with Crippen LogP contribution in [0.2, 0.25) is 5.02 Å². The first-order valence-electron chi connectivity index (χ1n) is 14.3. The van der Waals surface area contributed by atoms with Crippen molar-refractivity contribution < 1.29 is 27.1 Å². The number of carbonyl (C=O) groups excluding carboxylic acids is 1. The third kappa shape index (κ3) is 4.74. The van der Waals surface area contributed by atoms with E-state index in [0.717, 1.165) is 55.8 Å². The first-order valence-corrected chi connectivity index (χ1v) is 14.6. The van der Waals surface area contributed by atoms with Gasteiger partial charge in [-0.1, -0.05) is 41.9 Å². The van der Waals surface area contributed by atoms with Gasteiger partial charge in [0.15, 0.2) is 0 Å². The van der Waals surface area contributed by atoms with Gasteiger partial charge in [0.2, 0.25) is 11.6 Å². The average molecular weight is 579 g/mol. The molecule has 4 aliphatic rings. The largest absolute Gasteiger partial charge is 0.426 e. The van der Waals surface area contributed by atoms with Gasteiger partial charge >= 0.3 is 6.18 Å². The number of fused-ring (bicyclic) bond motifs is 3. The summed E-state index contributed by atoms with van der Waals surface area (Å²) in [6, 6.07) is 12.4. The highest BCUT2D eigenvalue weighted by Gasteiger charge is 2.56. The minimum absolute atomic E-state index is 0.0219. The van der Waals surface area contributed by atoms with Crippen molar-refractivity contribution >= 4 is 17.5 Å². The summed E-state index contributed by atoms with van der Waals surface area (Å²) in [4.78, 5) is 18.4. The van der Waals surface area contributed by atoms with Gasteiger partial charge in [-0.05, 0) is 92.9 Å². The Morgan fingerprint density at radius 2 is 1.73 bits per heavy atom. The standard InChI is InChI=1S/C31H35ClF4N2O2/c1-29(33,31(34,35)36)23-5-8-26-22(16-23)4-9-27-30(26,17-20-2-6-24(32)7-3-20)12-15-38(27)28(39)21-10-13-37(14-11-21)25-18-40-19-25/h2-3,5-8,16,21,25,27H,4,9-15,17-19H2,1H3. The monoisotopic (exact) mass is 578 g/mol. The lowest BCUT2D eigenvalue weighted by atomic mass is 9.63. The Morgan fingerprint density at radius 1 is 1.02 bits per heavy atom. The lowest BCUT2D eigenvalue weighted by molar-refractivity contribution is -0.228. The zero-order valence-corrected chi connectivity index (χ0v) is 23.4. The summed E-state index contributed by atoms with van der Waals surface area (Å²) in [5, 5.41) is 0.629. The molecule has 0 radical (unpaired) electrons. The molecule has 216 valence electrons. The maximum absolute atomic E-state index is 14.9. The van der Waals surface area contributed by atoms with Crippen LogP contribution in [0.15, 0.2) is 42.5 Å². The summed E-state index contributed by atoms with van der Waals surface area (Å²) in [7, 11) is 0. The minimum Gasteiger partial charge on any atom is -0.378 e. The van der Waals surface area contributed by atoms with Crippen LogP contribution in [0.4, 0.5) is 17.6 Å². The third-order valence-corrected chi connectivity index (χ3v) is 10.2. The van der Waals surface area contributed by atoms with E-state index in [1.54, 1.807) is 6.07 Å². The number of rotatable bonds is 5. The van der Waals surface area contributed by atoms with Crippen LogP contribution in [-0.4, -0.2) is 66.8 Å². The Morgan fingerprint density at radius 3 is 2.35 bits per heavy atom. The van der Waals surface area contributed by atoms with Crippen LogP contribution in [0.25, 0.3) is 0 Å². The summed E-state index contributed by atoms with van der Waals surface area (Å²) in [6.07, 6.45) is -0.848. The molecule has 3 heterocycles. The summed E-state index contributed by atoms with van der Waals surface area (Å²) in [5.74, 6) is 0.173. The van der Waals surface area contributed by atoms with E-state index < -0.39 is 17.3 Å². The Balaban J connectivity index is 1.30. The number of hydrogen-bond acceptors (Lipinski definition) is 3. The minimum atomic E-state index is -5.00. The molecule has 0 bridgehead atoms. The number of hydrogen-bond donors (Lipinski definition) is 0. The van der Waals surface area contributed by atoms with Crippen LogP contribution < -0.4 is 0 Å². The van der Waals surface area contributed by atoms with Crippen molar-refractivity contribution in [3.05, 3.63) is 69.7 Å². The van der Waals surface area contributed by atoms with Gasteiger partial charge in [-0.3, -0.25) is 9.69 Å². The van der Waals surface area contributed by atoms with E-state index in [-0.39, 0.29) is 23.4 Å². The number of benzene rings is 2. The fraction of sp³-hybridized carbons (Fsp3) is 0.581. The normalized spacial score (nSPS) is 27.6. The molecule has 3 saturated heterocycles. The number of alkyl halides is 4. The summed E-state index contributed by atoms with van der Waals surface area (Å²) < 4.78 is 60.9. The van der Waals surface area contributed by atoms with Crippen molar-refractivity contribution in [3.8, 4) is 0 Å². The topological polar surface area (TPSA) is 32.8 Å². The predicted molar refractivity (Wildman–Crippen MR) is 145 cm³/mol. The Hall–Kier alpha value is -2.16. The Labute approximate surface area is 237 Å². The first-order chi connectivity index (χ1) is 19.0. The molecule has 0 spiro atoms. The van der Waals surface area contributed by atoms with E-state index in [0.29, 0.717) is 50.2 Å². The number of nitrogens with zero attached hydrogens (tertiary/aromatic N) is 2. The van der Waals surface area contributed by atoms with E-state index in [1.807, 2.05) is 24.3 Å². The number of likely N-dealkylation sites (tertiary alicyclic amines) is 2. The molecule has 1 amide bonds. The highest BCUT2D eigenvalue weighted by Crippen LogP contribution is 2.51. The van der Waals surface area contributed by atoms with Gasteiger partial charge in [-0.2, -0.15) is 13.2 Å². The van der Waals surface area contributed by atoms with E-state index >= 15 is 0 Å². The van der Waals surface area contributed by atoms with Gasteiger partial charge < -0.3 is 9.64 Å². The van der Waals surface area contributed by atoms with Crippen molar-refractivity contribution in [2.75, 3.05) is 32.8 Å². The van der Waals surface area contributed by atoms with E-state index in [4.69, 9.17) is 16.3 Å². The quantitative estimate of drug-likeness (QED) is 0.395. The number of ether oxygens (including phenoxy) is 1. The smallest absolute Gasteiger partial charge is 0.378 e. The Bertz CT molecular complexity index is 1250. The maximum atomic E-state index is 14.9. The summed E-state index contributed by atoms with van der Waals surface area (Å²) in [5.41, 5.74) is -1.50. The predicted octanol–water partition coefficient (Wildman–Crippen LogP) is 6.23. The molecule has 2 aromatic carbocycles. The van der Waals surface area contributed by atoms with Crippen LogP contribution in [0.3, 0.4) is 0 Å². The lowest BCUT2D eigenvalue weighted by Gasteiger charge is -2.45. The van der Waals surface area contributed by atoms with Gasteiger partial charge in [-0.25, -0.2) is 4.39 Å². The summed E-state index contributed by atoms with van der Waals surface area (Å²) >= 11 is 6.14. The van der Waals surface area contributed by atoms with Crippen molar-refractivity contribution in [3.63, 3.8) is 0 Å². The SMILES string of the molecule is CC(F)(c1ccc2c(c1)CCC1N(C(=O)C3CCN(C4COC4)CC3)CCC21Cc1ccc(Cl)cc1)C(F)(F)F. The molecule has 9 heteroatoms. The number of carbonyl (C=O) groups is 1. The molecular weight excluding hydrogens is 544 g/mol. The second-order valence-corrected chi connectivity index (χ2v) is 12.6. The van der Waals surface area contributed by atoms with Crippen molar-refractivity contribution in [2.45, 2.75) is 74.8 Å². The number of aryl methyl sites for hydroxylation is 1. The fourth-order valence-corrected chi connectivity index (χ4v) is 7.56. The molecule has 0 saturated carbocycles.